The van der Waals surface area contributed by atoms with Crippen LogP contribution in [0.1, 0.15) is 5.56 Å². The molecule has 0 aliphatic carbocycles. The molecule has 0 spiro atoms. The summed E-state index contributed by atoms with van der Waals surface area (Å²) in [4.78, 5) is 4.41. The van der Waals surface area contributed by atoms with Crippen molar-refractivity contribution in [2.75, 3.05) is 7.11 Å². The molecule has 0 bridgehead atoms. The largest absolute Gasteiger partial charge is 0.504 e. The van der Waals surface area contributed by atoms with Gasteiger partial charge >= 0.3 is 0 Å². The number of hydrogen-bond donors (Lipinski definition) is 2. The number of fused-ring (bicyclic) bond motifs is 1. The van der Waals surface area contributed by atoms with E-state index in [-0.39, 0.29) is 12.4 Å². The molecule has 0 radical (unpaired) electrons. The van der Waals surface area contributed by atoms with E-state index in [0.717, 1.165) is 33.7 Å². The molecule has 0 saturated heterocycles. The van der Waals surface area contributed by atoms with E-state index in [9.17, 15) is 10.2 Å². The van der Waals surface area contributed by atoms with E-state index in [1.807, 2.05) is 36.4 Å². The van der Waals surface area contributed by atoms with E-state index in [0.29, 0.717) is 5.75 Å². The Labute approximate surface area is 150 Å². The first-order valence-corrected chi connectivity index (χ1v) is 8.12. The van der Waals surface area contributed by atoms with Gasteiger partial charge in [0.15, 0.2) is 17.1 Å². The zero-order chi connectivity index (χ0) is 18.1. The first kappa shape index (κ1) is 16.1. The third-order valence-electron chi connectivity index (χ3n) is 4.27. The molecule has 0 unspecified atom stereocenters. The second kappa shape index (κ2) is 6.50. The fourth-order valence-electron chi connectivity index (χ4n) is 2.84. The summed E-state index contributed by atoms with van der Waals surface area (Å²) in [6.07, 6.45) is 1.78. The summed E-state index contributed by atoms with van der Waals surface area (Å²) in [6.45, 7) is 0.0124. The van der Waals surface area contributed by atoms with E-state index in [4.69, 9.17) is 9.84 Å². The maximum Gasteiger partial charge on any atom is 0.161 e. The highest BCUT2D eigenvalue weighted by Gasteiger charge is 2.11. The highest BCUT2D eigenvalue weighted by Crippen LogP contribution is 2.31. The van der Waals surface area contributed by atoms with Crippen molar-refractivity contribution in [2.24, 2.45) is 0 Å². The Hall–Kier alpha value is -3.38. The molecule has 2 heterocycles. The van der Waals surface area contributed by atoms with Crippen molar-refractivity contribution >= 4 is 5.65 Å². The Morgan fingerprint density at radius 2 is 1.77 bits per heavy atom. The molecule has 4 rings (SSSR count). The quantitative estimate of drug-likeness (QED) is 0.592. The predicted octanol–water partition coefficient (Wildman–Crippen LogP) is 3.27. The fraction of sp³-hybridized carbons (Fsp3) is 0.100. The van der Waals surface area contributed by atoms with Crippen LogP contribution >= 0.6 is 0 Å². The summed E-state index contributed by atoms with van der Waals surface area (Å²) in [5, 5.41) is 23.7. The standard InChI is InChI=1S/C20H17N3O3/c1-26-19-10-15(6-8-18(19)25)16-7-9-20-21-11-17(23(20)22-16)14-4-2-13(12-24)3-5-14/h2-11,24-25H,12H2,1H3. The number of nitrogens with zero attached hydrogens (tertiary/aromatic N) is 3. The third-order valence-corrected chi connectivity index (χ3v) is 4.27. The minimum atomic E-state index is 0.0124. The molecule has 6 nitrogen and oxygen atoms in total. The molecule has 0 amide bonds. The monoisotopic (exact) mass is 347 g/mol. The second-order valence-corrected chi connectivity index (χ2v) is 5.87. The van der Waals surface area contributed by atoms with Gasteiger partial charge in [0, 0.05) is 11.1 Å². The van der Waals surface area contributed by atoms with Gasteiger partial charge in [-0.1, -0.05) is 24.3 Å². The van der Waals surface area contributed by atoms with Gasteiger partial charge in [-0.2, -0.15) is 5.10 Å². The van der Waals surface area contributed by atoms with Gasteiger partial charge in [0.05, 0.1) is 31.3 Å². The van der Waals surface area contributed by atoms with Gasteiger partial charge in [0.2, 0.25) is 0 Å². The smallest absolute Gasteiger partial charge is 0.161 e. The Balaban J connectivity index is 1.81. The van der Waals surface area contributed by atoms with Crippen LogP contribution in [0.2, 0.25) is 0 Å². The van der Waals surface area contributed by atoms with Crippen molar-refractivity contribution in [1.29, 1.82) is 0 Å². The van der Waals surface area contributed by atoms with Crippen LogP contribution in [0.25, 0.3) is 28.2 Å². The van der Waals surface area contributed by atoms with E-state index < -0.39 is 0 Å². The van der Waals surface area contributed by atoms with Crippen molar-refractivity contribution in [3.63, 3.8) is 0 Å². The van der Waals surface area contributed by atoms with Gasteiger partial charge in [-0.3, -0.25) is 0 Å². The van der Waals surface area contributed by atoms with E-state index >= 15 is 0 Å². The maximum atomic E-state index is 9.78. The van der Waals surface area contributed by atoms with Crippen LogP contribution in [-0.4, -0.2) is 31.9 Å². The molecule has 6 heteroatoms. The van der Waals surface area contributed by atoms with Crippen LogP contribution in [0.5, 0.6) is 11.5 Å². The number of aliphatic hydroxyl groups is 1. The lowest BCUT2D eigenvalue weighted by molar-refractivity contribution is 0.282. The molecular formula is C20H17N3O3. The van der Waals surface area contributed by atoms with E-state index in [1.54, 1.807) is 28.9 Å². The summed E-state index contributed by atoms with van der Waals surface area (Å²) in [7, 11) is 1.51. The van der Waals surface area contributed by atoms with Gasteiger partial charge in [-0.15, -0.1) is 0 Å². The number of rotatable bonds is 4. The number of imidazole rings is 1. The van der Waals surface area contributed by atoms with Gasteiger partial charge in [0.1, 0.15) is 0 Å². The maximum absolute atomic E-state index is 9.78. The lowest BCUT2D eigenvalue weighted by Gasteiger charge is -2.08. The molecule has 26 heavy (non-hydrogen) atoms. The summed E-state index contributed by atoms with van der Waals surface area (Å²) < 4.78 is 6.96. The number of aromatic nitrogens is 3. The number of methoxy groups -OCH3 is 1. The topological polar surface area (TPSA) is 79.9 Å². The molecule has 2 aromatic carbocycles. The molecule has 0 aliphatic heterocycles. The average Bonchev–Trinajstić information content (AvgIpc) is 3.11. The highest BCUT2D eigenvalue weighted by atomic mass is 16.5. The number of benzene rings is 2. The third kappa shape index (κ3) is 2.76. The molecule has 130 valence electrons. The van der Waals surface area contributed by atoms with Crippen LogP contribution in [0.15, 0.2) is 60.8 Å². The van der Waals surface area contributed by atoms with Gasteiger partial charge < -0.3 is 14.9 Å². The Morgan fingerprint density at radius 3 is 2.50 bits per heavy atom. The minimum Gasteiger partial charge on any atom is -0.504 e. The van der Waals surface area contributed by atoms with Gasteiger partial charge in [0.25, 0.3) is 0 Å². The average molecular weight is 347 g/mol. The predicted molar refractivity (Wildman–Crippen MR) is 98.0 cm³/mol. The SMILES string of the molecule is COc1cc(-c2ccc3ncc(-c4ccc(CO)cc4)n3n2)ccc1O. The van der Waals surface area contributed by atoms with Gasteiger partial charge in [-0.25, -0.2) is 9.50 Å². The molecule has 0 fully saturated rings. The highest BCUT2D eigenvalue weighted by molar-refractivity contribution is 5.67. The number of phenols is 1. The van der Waals surface area contributed by atoms with Gasteiger partial charge in [-0.05, 0) is 35.9 Å². The summed E-state index contributed by atoms with van der Waals surface area (Å²) in [5.74, 6) is 0.486. The first-order chi connectivity index (χ1) is 12.7. The number of ether oxygens (including phenoxy) is 1. The normalized spacial score (nSPS) is 11.0. The first-order valence-electron chi connectivity index (χ1n) is 8.12. The fourth-order valence-corrected chi connectivity index (χ4v) is 2.84. The van der Waals surface area contributed by atoms with E-state index in [2.05, 4.69) is 4.98 Å². The van der Waals surface area contributed by atoms with Crippen molar-refractivity contribution in [3.05, 3.63) is 66.4 Å². The Bertz CT molecular complexity index is 1070. The number of hydrogen-bond acceptors (Lipinski definition) is 5. The van der Waals surface area contributed by atoms with Crippen LogP contribution in [0.4, 0.5) is 0 Å². The van der Waals surface area contributed by atoms with Crippen LogP contribution in [0, 0.1) is 0 Å². The number of aromatic hydroxyl groups is 1. The van der Waals surface area contributed by atoms with Crippen molar-refractivity contribution in [2.45, 2.75) is 6.61 Å². The summed E-state index contributed by atoms with van der Waals surface area (Å²) in [5.41, 5.74) is 4.98. The Morgan fingerprint density at radius 1 is 1.00 bits per heavy atom. The summed E-state index contributed by atoms with van der Waals surface area (Å²) >= 11 is 0. The van der Waals surface area contributed by atoms with E-state index in [1.165, 1.54) is 7.11 Å². The van der Waals surface area contributed by atoms with Crippen molar-refractivity contribution < 1.29 is 14.9 Å². The molecule has 0 saturated carbocycles. The minimum absolute atomic E-state index is 0.0124. The molecule has 0 aliphatic rings. The van der Waals surface area contributed by atoms with Crippen LogP contribution in [-0.2, 0) is 6.61 Å². The molecule has 0 atom stereocenters. The van der Waals surface area contributed by atoms with Crippen molar-refractivity contribution in [3.8, 4) is 34.0 Å². The Kier molecular flexibility index (Phi) is 4.02. The molecule has 4 aromatic rings. The molecular weight excluding hydrogens is 330 g/mol. The molecule has 2 aromatic heterocycles. The number of aliphatic hydroxyl groups excluding tert-OH is 1. The van der Waals surface area contributed by atoms with Crippen LogP contribution < -0.4 is 4.74 Å². The van der Waals surface area contributed by atoms with Crippen molar-refractivity contribution in [1.82, 2.24) is 14.6 Å². The number of phenolic OH excluding ortho intramolecular Hbond substituents is 1. The summed E-state index contributed by atoms with van der Waals surface area (Å²) in [6, 6.07) is 16.5. The lowest BCUT2D eigenvalue weighted by atomic mass is 10.1. The van der Waals surface area contributed by atoms with Crippen LogP contribution in [0.3, 0.4) is 0 Å². The second-order valence-electron chi connectivity index (χ2n) is 5.87. The zero-order valence-electron chi connectivity index (χ0n) is 14.1. The lowest BCUT2D eigenvalue weighted by Crippen LogP contribution is -1.97. The zero-order valence-corrected chi connectivity index (χ0v) is 14.1. The molecule has 2 N–H and O–H groups in total.